The summed E-state index contributed by atoms with van der Waals surface area (Å²) in [4.78, 5) is 2.22. The van der Waals surface area contributed by atoms with E-state index in [1.165, 1.54) is 6.42 Å². The minimum absolute atomic E-state index is 0.561. The van der Waals surface area contributed by atoms with E-state index >= 15 is 0 Å². The van der Waals surface area contributed by atoms with E-state index < -0.39 is 0 Å². The summed E-state index contributed by atoms with van der Waals surface area (Å²) in [5.74, 6) is 0.980. The first-order valence-corrected chi connectivity index (χ1v) is 6.07. The smallest absolute Gasteiger partial charge is 0.151 e. The molecule has 1 aromatic rings. The molecule has 1 aromatic heterocycles. The molecule has 0 bridgehead atoms. The van der Waals surface area contributed by atoms with Gasteiger partial charge >= 0.3 is 0 Å². The Bertz CT molecular complexity index is 316. The summed E-state index contributed by atoms with van der Waals surface area (Å²) in [6.45, 7) is 4.32. The average molecular weight is 220 g/mol. The Balaban J connectivity index is 2.02. The number of aryl methyl sites for hydroxylation is 1. The molecule has 1 fully saturated rings. The Morgan fingerprint density at radius 1 is 1.44 bits per heavy atom. The lowest BCUT2D eigenvalue weighted by Crippen LogP contribution is -2.34. The van der Waals surface area contributed by atoms with Crippen molar-refractivity contribution in [1.29, 1.82) is 0 Å². The van der Waals surface area contributed by atoms with Crippen molar-refractivity contribution in [2.75, 3.05) is 25.0 Å². The van der Waals surface area contributed by atoms with Crippen LogP contribution in [0.4, 0.5) is 5.82 Å². The number of nitrogens with zero attached hydrogens (tertiary/aromatic N) is 3. The van der Waals surface area contributed by atoms with Crippen LogP contribution in [-0.4, -0.2) is 36.4 Å². The van der Waals surface area contributed by atoms with Crippen LogP contribution in [0.2, 0.25) is 0 Å². The van der Waals surface area contributed by atoms with E-state index in [0.717, 1.165) is 37.4 Å². The van der Waals surface area contributed by atoms with E-state index in [1.807, 2.05) is 0 Å². The molecule has 16 heavy (non-hydrogen) atoms. The molecule has 4 heteroatoms. The lowest BCUT2D eigenvalue weighted by molar-refractivity contribution is 0.670. The minimum Gasteiger partial charge on any atom is -0.354 e. The molecule has 1 saturated heterocycles. The van der Waals surface area contributed by atoms with Crippen molar-refractivity contribution in [3.05, 3.63) is 17.8 Å². The van der Waals surface area contributed by atoms with Gasteiger partial charge < -0.3 is 10.2 Å². The van der Waals surface area contributed by atoms with Crippen LogP contribution < -0.4 is 10.2 Å². The van der Waals surface area contributed by atoms with Gasteiger partial charge in [-0.2, -0.15) is 5.10 Å². The Morgan fingerprint density at radius 2 is 2.31 bits per heavy atom. The monoisotopic (exact) mass is 220 g/mol. The third-order valence-electron chi connectivity index (χ3n) is 3.16. The fourth-order valence-corrected chi connectivity index (χ4v) is 2.09. The maximum atomic E-state index is 4.29. The zero-order valence-electron chi connectivity index (χ0n) is 10.1. The van der Waals surface area contributed by atoms with Gasteiger partial charge in [0.05, 0.1) is 5.69 Å². The van der Waals surface area contributed by atoms with Gasteiger partial charge in [-0.25, -0.2) is 0 Å². The zero-order valence-corrected chi connectivity index (χ0v) is 10.1. The largest absolute Gasteiger partial charge is 0.354 e. The summed E-state index contributed by atoms with van der Waals surface area (Å²) in [6.07, 6.45) is 3.33. The fraction of sp³-hybridized carbons (Fsp3) is 0.667. The first-order chi connectivity index (χ1) is 7.81. The van der Waals surface area contributed by atoms with Crippen molar-refractivity contribution in [3.8, 4) is 0 Å². The minimum atomic E-state index is 0.561. The van der Waals surface area contributed by atoms with Crippen LogP contribution in [0.5, 0.6) is 0 Å². The standard InChI is InChI=1S/C12H20N4/c1-3-4-10-5-6-12(15-14-10)16(2)11-7-8-13-9-11/h5-6,11,13H,3-4,7-9H2,1-2H3. The molecule has 1 atom stereocenters. The summed E-state index contributed by atoms with van der Waals surface area (Å²) >= 11 is 0. The van der Waals surface area contributed by atoms with Crippen LogP contribution in [-0.2, 0) is 6.42 Å². The quantitative estimate of drug-likeness (QED) is 0.828. The van der Waals surface area contributed by atoms with Crippen molar-refractivity contribution in [2.24, 2.45) is 0 Å². The van der Waals surface area contributed by atoms with Crippen molar-refractivity contribution in [1.82, 2.24) is 15.5 Å². The molecular formula is C12H20N4. The molecular weight excluding hydrogens is 200 g/mol. The van der Waals surface area contributed by atoms with E-state index in [-0.39, 0.29) is 0 Å². The number of aromatic nitrogens is 2. The van der Waals surface area contributed by atoms with Crippen LogP contribution in [0.1, 0.15) is 25.5 Å². The Hall–Kier alpha value is -1.16. The van der Waals surface area contributed by atoms with Crippen LogP contribution >= 0.6 is 0 Å². The molecule has 1 aliphatic rings. The lowest BCUT2D eigenvalue weighted by atomic mass is 10.2. The summed E-state index contributed by atoms with van der Waals surface area (Å²) in [7, 11) is 2.10. The highest BCUT2D eigenvalue weighted by Gasteiger charge is 2.20. The summed E-state index contributed by atoms with van der Waals surface area (Å²) in [5.41, 5.74) is 1.09. The first-order valence-electron chi connectivity index (χ1n) is 6.07. The van der Waals surface area contributed by atoms with Gasteiger partial charge in [-0.15, -0.1) is 5.10 Å². The Kier molecular flexibility index (Phi) is 3.72. The molecule has 0 radical (unpaired) electrons. The van der Waals surface area contributed by atoms with E-state index in [2.05, 4.69) is 46.5 Å². The molecule has 1 aliphatic heterocycles. The molecule has 2 heterocycles. The van der Waals surface area contributed by atoms with Crippen LogP contribution in [0.15, 0.2) is 12.1 Å². The second kappa shape index (κ2) is 5.25. The van der Waals surface area contributed by atoms with Crippen molar-refractivity contribution >= 4 is 5.82 Å². The molecule has 4 nitrogen and oxygen atoms in total. The van der Waals surface area contributed by atoms with Gasteiger partial charge in [0.25, 0.3) is 0 Å². The first kappa shape index (κ1) is 11.3. The van der Waals surface area contributed by atoms with Crippen molar-refractivity contribution in [3.63, 3.8) is 0 Å². The van der Waals surface area contributed by atoms with E-state index in [9.17, 15) is 0 Å². The SMILES string of the molecule is CCCc1ccc(N(C)C2CCNC2)nn1. The predicted molar refractivity (Wildman–Crippen MR) is 65.7 cm³/mol. The van der Waals surface area contributed by atoms with E-state index in [4.69, 9.17) is 0 Å². The number of likely N-dealkylation sites (N-methyl/N-ethyl adjacent to an activating group) is 1. The molecule has 0 amide bonds. The van der Waals surface area contributed by atoms with Gasteiger partial charge in [0, 0.05) is 19.6 Å². The molecule has 2 rings (SSSR count). The van der Waals surface area contributed by atoms with Gasteiger partial charge in [-0.1, -0.05) is 13.3 Å². The van der Waals surface area contributed by atoms with Gasteiger partial charge in [0.15, 0.2) is 5.82 Å². The predicted octanol–water partition coefficient (Wildman–Crippen LogP) is 1.23. The van der Waals surface area contributed by atoms with Gasteiger partial charge in [0.2, 0.25) is 0 Å². The number of rotatable bonds is 4. The van der Waals surface area contributed by atoms with Crippen molar-refractivity contribution < 1.29 is 0 Å². The maximum Gasteiger partial charge on any atom is 0.151 e. The number of anilines is 1. The molecule has 1 N–H and O–H groups in total. The third kappa shape index (κ3) is 2.50. The van der Waals surface area contributed by atoms with Gasteiger partial charge in [-0.05, 0) is 31.5 Å². The highest BCUT2D eigenvalue weighted by Crippen LogP contribution is 2.15. The fourth-order valence-electron chi connectivity index (χ4n) is 2.09. The van der Waals surface area contributed by atoms with E-state index in [1.54, 1.807) is 0 Å². The summed E-state index contributed by atoms with van der Waals surface area (Å²) in [6, 6.07) is 4.73. The normalized spacial score (nSPS) is 20.0. The van der Waals surface area contributed by atoms with Crippen LogP contribution in [0, 0.1) is 0 Å². The van der Waals surface area contributed by atoms with Crippen LogP contribution in [0.25, 0.3) is 0 Å². The van der Waals surface area contributed by atoms with Crippen LogP contribution in [0.3, 0.4) is 0 Å². The van der Waals surface area contributed by atoms with Gasteiger partial charge in [-0.3, -0.25) is 0 Å². The second-order valence-corrected chi connectivity index (χ2v) is 4.39. The Morgan fingerprint density at radius 3 is 2.88 bits per heavy atom. The summed E-state index contributed by atoms with van der Waals surface area (Å²) in [5, 5.41) is 11.9. The van der Waals surface area contributed by atoms with E-state index in [0.29, 0.717) is 6.04 Å². The highest BCUT2D eigenvalue weighted by molar-refractivity contribution is 5.38. The molecule has 88 valence electrons. The maximum absolute atomic E-state index is 4.29. The second-order valence-electron chi connectivity index (χ2n) is 4.39. The lowest BCUT2D eigenvalue weighted by Gasteiger charge is -2.24. The Labute approximate surface area is 97.1 Å². The molecule has 0 spiro atoms. The topological polar surface area (TPSA) is 41.0 Å². The summed E-state index contributed by atoms with van der Waals surface area (Å²) < 4.78 is 0. The number of hydrogen-bond acceptors (Lipinski definition) is 4. The molecule has 1 unspecified atom stereocenters. The third-order valence-corrected chi connectivity index (χ3v) is 3.16. The molecule has 0 saturated carbocycles. The molecule has 0 aromatic carbocycles. The number of nitrogens with one attached hydrogen (secondary N) is 1. The highest BCUT2D eigenvalue weighted by atomic mass is 15.3. The zero-order chi connectivity index (χ0) is 11.4. The van der Waals surface area contributed by atoms with Gasteiger partial charge in [0.1, 0.15) is 0 Å². The number of hydrogen-bond donors (Lipinski definition) is 1. The van der Waals surface area contributed by atoms with Crippen molar-refractivity contribution in [2.45, 2.75) is 32.2 Å². The average Bonchev–Trinajstić information content (AvgIpc) is 2.83. The molecule has 0 aliphatic carbocycles.